The van der Waals surface area contributed by atoms with E-state index in [-0.39, 0.29) is 5.92 Å². The summed E-state index contributed by atoms with van der Waals surface area (Å²) in [5.41, 5.74) is 3.10. The van der Waals surface area contributed by atoms with Gasteiger partial charge in [-0.1, -0.05) is 36.4 Å². The predicted octanol–water partition coefficient (Wildman–Crippen LogP) is 3.54. The number of carboxylic acid groups (broad SMARTS) is 1. The normalized spacial score (nSPS) is 20.0. The highest BCUT2D eigenvalue weighted by molar-refractivity contribution is 5.81. The van der Waals surface area contributed by atoms with Crippen LogP contribution in [0.3, 0.4) is 0 Å². The Bertz CT molecular complexity index is 967. The van der Waals surface area contributed by atoms with Crippen LogP contribution in [0.15, 0.2) is 60.8 Å². The number of hydrogen-bond donors (Lipinski definition) is 1. The lowest BCUT2D eigenvalue weighted by Crippen LogP contribution is -2.23. The number of likely N-dealkylation sites (tertiary alicyclic amines) is 1. The van der Waals surface area contributed by atoms with Gasteiger partial charge in [-0.3, -0.25) is 14.7 Å². The van der Waals surface area contributed by atoms with Gasteiger partial charge in [0, 0.05) is 37.1 Å². The molecule has 2 heterocycles. The van der Waals surface area contributed by atoms with E-state index >= 15 is 0 Å². The molecule has 138 valence electrons. The molecule has 1 N–H and O–H groups in total. The Labute approximate surface area is 158 Å². The standard InChI is InChI=1S/C22H22N2O3/c1-27-21-9-5-3-7-17(21)18-13-24(14-19(18)22(25)26)12-15-10-11-23-20-8-4-2-6-16(15)20/h2-11,18-19H,12-14H2,1H3,(H,25,26)/t18-,19+/m0/s1. The number of ether oxygens (including phenoxy) is 1. The maximum absolute atomic E-state index is 11.9. The molecular formula is C22H22N2O3. The van der Waals surface area contributed by atoms with Gasteiger partial charge in [0.1, 0.15) is 5.75 Å². The van der Waals surface area contributed by atoms with E-state index < -0.39 is 11.9 Å². The highest BCUT2D eigenvalue weighted by Gasteiger charge is 2.39. The monoisotopic (exact) mass is 362 g/mol. The average molecular weight is 362 g/mol. The number of hydrogen-bond acceptors (Lipinski definition) is 4. The fourth-order valence-electron chi connectivity index (χ4n) is 4.09. The number of aliphatic carboxylic acids is 1. The topological polar surface area (TPSA) is 62.7 Å². The van der Waals surface area contributed by atoms with E-state index in [4.69, 9.17) is 4.74 Å². The number of fused-ring (bicyclic) bond motifs is 1. The Kier molecular flexibility index (Phi) is 4.77. The number of carboxylic acids is 1. The molecule has 0 amide bonds. The van der Waals surface area contributed by atoms with E-state index in [0.717, 1.165) is 22.2 Å². The van der Waals surface area contributed by atoms with Crippen molar-refractivity contribution in [3.05, 3.63) is 71.9 Å². The van der Waals surface area contributed by atoms with Crippen molar-refractivity contribution >= 4 is 16.9 Å². The van der Waals surface area contributed by atoms with E-state index in [9.17, 15) is 9.90 Å². The summed E-state index contributed by atoms with van der Waals surface area (Å²) in [7, 11) is 1.63. The van der Waals surface area contributed by atoms with Crippen LogP contribution in [0.1, 0.15) is 17.0 Å². The number of pyridine rings is 1. The van der Waals surface area contributed by atoms with Gasteiger partial charge in [0.15, 0.2) is 0 Å². The Morgan fingerprint density at radius 1 is 1.15 bits per heavy atom. The molecule has 5 nitrogen and oxygen atoms in total. The zero-order chi connectivity index (χ0) is 18.8. The van der Waals surface area contributed by atoms with E-state index in [1.54, 1.807) is 7.11 Å². The molecule has 1 aliphatic rings. The molecule has 2 atom stereocenters. The van der Waals surface area contributed by atoms with Crippen LogP contribution in [-0.2, 0) is 11.3 Å². The largest absolute Gasteiger partial charge is 0.496 e. The van der Waals surface area contributed by atoms with Crippen LogP contribution in [0.25, 0.3) is 10.9 Å². The lowest BCUT2D eigenvalue weighted by Gasteiger charge is -2.19. The number of nitrogens with zero attached hydrogens (tertiary/aromatic N) is 2. The molecular weight excluding hydrogens is 340 g/mol. The number of benzene rings is 2. The molecule has 27 heavy (non-hydrogen) atoms. The van der Waals surface area contributed by atoms with Crippen LogP contribution in [0.5, 0.6) is 5.75 Å². The van der Waals surface area contributed by atoms with Gasteiger partial charge in [0.2, 0.25) is 0 Å². The van der Waals surface area contributed by atoms with Crippen LogP contribution in [0, 0.1) is 5.92 Å². The quantitative estimate of drug-likeness (QED) is 0.752. The minimum absolute atomic E-state index is 0.0910. The summed E-state index contributed by atoms with van der Waals surface area (Å²) in [5, 5.41) is 10.9. The van der Waals surface area contributed by atoms with Crippen molar-refractivity contribution in [2.45, 2.75) is 12.5 Å². The second-order valence-electron chi connectivity index (χ2n) is 6.97. The van der Waals surface area contributed by atoms with Crippen LogP contribution < -0.4 is 4.74 Å². The van der Waals surface area contributed by atoms with Gasteiger partial charge in [-0.25, -0.2) is 0 Å². The number of carbonyl (C=O) groups is 1. The maximum Gasteiger partial charge on any atom is 0.308 e. The van der Waals surface area contributed by atoms with Crippen LogP contribution in [-0.4, -0.2) is 41.2 Å². The highest BCUT2D eigenvalue weighted by Crippen LogP contribution is 2.38. The summed E-state index contributed by atoms with van der Waals surface area (Å²) < 4.78 is 5.48. The molecule has 1 saturated heterocycles. The molecule has 2 aromatic carbocycles. The van der Waals surface area contributed by atoms with Crippen molar-refractivity contribution in [1.82, 2.24) is 9.88 Å². The third-order valence-electron chi connectivity index (χ3n) is 5.38. The smallest absolute Gasteiger partial charge is 0.308 e. The summed E-state index contributed by atoms with van der Waals surface area (Å²) in [6, 6.07) is 17.8. The van der Waals surface area contributed by atoms with Gasteiger partial charge in [0.05, 0.1) is 18.5 Å². The summed E-state index contributed by atoms with van der Waals surface area (Å²) in [6.45, 7) is 1.92. The molecule has 4 rings (SSSR count). The Balaban J connectivity index is 1.63. The molecule has 0 spiro atoms. The molecule has 3 aromatic rings. The van der Waals surface area contributed by atoms with E-state index in [1.165, 1.54) is 5.56 Å². The lowest BCUT2D eigenvalue weighted by atomic mass is 9.88. The lowest BCUT2D eigenvalue weighted by molar-refractivity contribution is -0.141. The van der Waals surface area contributed by atoms with Gasteiger partial charge in [-0.2, -0.15) is 0 Å². The SMILES string of the molecule is COc1ccccc1[C@@H]1CN(Cc2ccnc3ccccc23)C[C@H]1C(=O)O. The first kappa shape index (κ1) is 17.5. The summed E-state index contributed by atoms with van der Waals surface area (Å²) in [5.74, 6) is -0.542. The molecule has 0 saturated carbocycles. The molecule has 5 heteroatoms. The number of rotatable bonds is 5. The van der Waals surface area contributed by atoms with Crippen molar-refractivity contribution < 1.29 is 14.6 Å². The number of para-hydroxylation sites is 2. The third-order valence-corrected chi connectivity index (χ3v) is 5.38. The fraction of sp³-hybridized carbons (Fsp3) is 0.273. The Morgan fingerprint density at radius 2 is 1.93 bits per heavy atom. The first-order valence-electron chi connectivity index (χ1n) is 9.08. The van der Waals surface area contributed by atoms with Crippen LogP contribution >= 0.6 is 0 Å². The maximum atomic E-state index is 11.9. The van der Waals surface area contributed by atoms with Crippen molar-refractivity contribution in [2.75, 3.05) is 20.2 Å². The highest BCUT2D eigenvalue weighted by atomic mass is 16.5. The molecule has 0 aliphatic carbocycles. The van der Waals surface area contributed by atoms with E-state index in [1.807, 2.05) is 54.7 Å². The first-order valence-corrected chi connectivity index (χ1v) is 9.08. The molecule has 0 radical (unpaired) electrons. The average Bonchev–Trinajstić information content (AvgIpc) is 3.12. The molecule has 0 unspecified atom stereocenters. The Morgan fingerprint density at radius 3 is 2.74 bits per heavy atom. The van der Waals surface area contributed by atoms with Crippen molar-refractivity contribution in [2.24, 2.45) is 5.92 Å². The van der Waals surface area contributed by atoms with Gasteiger partial charge < -0.3 is 9.84 Å². The zero-order valence-corrected chi connectivity index (χ0v) is 15.2. The molecule has 1 fully saturated rings. The summed E-state index contributed by atoms with van der Waals surface area (Å²) >= 11 is 0. The third kappa shape index (κ3) is 3.38. The van der Waals surface area contributed by atoms with E-state index in [0.29, 0.717) is 19.6 Å². The zero-order valence-electron chi connectivity index (χ0n) is 15.2. The second kappa shape index (κ2) is 7.37. The predicted molar refractivity (Wildman–Crippen MR) is 104 cm³/mol. The number of methoxy groups -OCH3 is 1. The van der Waals surface area contributed by atoms with Crippen molar-refractivity contribution in [3.63, 3.8) is 0 Å². The summed E-state index contributed by atoms with van der Waals surface area (Å²) in [4.78, 5) is 18.6. The fourth-order valence-corrected chi connectivity index (χ4v) is 4.09. The summed E-state index contributed by atoms with van der Waals surface area (Å²) in [6.07, 6.45) is 1.82. The first-order chi connectivity index (χ1) is 13.2. The minimum Gasteiger partial charge on any atom is -0.496 e. The van der Waals surface area contributed by atoms with Gasteiger partial charge >= 0.3 is 5.97 Å². The van der Waals surface area contributed by atoms with Crippen LogP contribution in [0.4, 0.5) is 0 Å². The second-order valence-corrected chi connectivity index (χ2v) is 6.97. The molecule has 0 bridgehead atoms. The Hall–Kier alpha value is -2.92. The minimum atomic E-state index is -0.756. The van der Waals surface area contributed by atoms with Crippen molar-refractivity contribution in [3.8, 4) is 5.75 Å². The van der Waals surface area contributed by atoms with Crippen LogP contribution in [0.2, 0.25) is 0 Å². The number of aromatic nitrogens is 1. The van der Waals surface area contributed by atoms with Crippen molar-refractivity contribution in [1.29, 1.82) is 0 Å². The molecule has 1 aromatic heterocycles. The van der Waals surface area contributed by atoms with Gasteiger partial charge in [0.25, 0.3) is 0 Å². The molecule has 1 aliphatic heterocycles. The van der Waals surface area contributed by atoms with Gasteiger partial charge in [-0.05, 0) is 29.3 Å². The van der Waals surface area contributed by atoms with Gasteiger partial charge in [-0.15, -0.1) is 0 Å². The van der Waals surface area contributed by atoms with E-state index in [2.05, 4.69) is 16.0 Å².